The fourth-order valence-electron chi connectivity index (χ4n) is 3.02. The molecule has 1 saturated carbocycles. The van der Waals surface area contributed by atoms with Crippen molar-refractivity contribution < 1.29 is 15.1 Å². The number of ether oxygens (including phenoxy) is 1. The van der Waals surface area contributed by atoms with Crippen LogP contribution in [-0.2, 0) is 9.53 Å². The average molecular weight is 283 g/mol. The first-order chi connectivity index (χ1) is 9.69. The van der Waals surface area contributed by atoms with Crippen molar-refractivity contribution in [3.8, 4) is 0 Å². The number of Topliss-reactive ketones (excluding diaryl/α,β-unsaturated/α-hetero) is 1. The van der Waals surface area contributed by atoms with Crippen molar-refractivity contribution in [2.24, 2.45) is 11.0 Å². The highest BCUT2D eigenvalue weighted by atomic mass is 16.5. The highest BCUT2D eigenvalue weighted by Gasteiger charge is 2.35. The van der Waals surface area contributed by atoms with E-state index in [1.54, 1.807) is 6.92 Å². The molecule has 1 aliphatic carbocycles. The lowest BCUT2D eigenvalue weighted by Crippen LogP contribution is -2.41. The van der Waals surface area contributed by atoms with E-state index in [2.05, 4.69) is 12.0 Å². The molecular weight excluding hydrogens is 252 g/mol. The number of hydrogen-bond donors (Lipinski definition) is 1. The number of rotatable bonds is 10. The third-order valence-corrected chi connectivity index (χ3v) is 4.33. The van der Waals surface area contributed by atoms with E-state index in [4.69, 9.17) is 10.3 Å². The zero-order valence-corrected chi connectivity index (χ0v) is 13.1. The largest absolute Gasteiger partial charge is 0.378 e. The quantitative estimate of drug-likeness (QED) is 0.495. The van der Waals surface area contributed by atoms with Crippen LogP contribution < -0.4 is 5.53 Å². The van der Waals surface area contributed by atoms with Crippen LogP contribution in [0.4, 0.5) is 0 Å². The summed E-state index contributed by atoms with van der Waals surface area (Å²) in [5.41, 5.74) is 5.39. The molecule has 1 aliphatic rings. The summed E-state index contributed by atoms with van der Waals surface area (Å²) in [5.74, 6) is 0.153. The van der Waals surface area contributed by atoms with Crippen LogP contribution in [-0.4, -0.2) is 24.5 Å². The highest BCUT2D eigenvalue weighted by molar-refractivity contribution is 5.79. The van der Waals surface area contributed by atoms with Crippen LogP contribution in [0.3, 0.4) is 0 Å². The Hall–Kier alpha value is -0.770. The summed E-state index contributed by atoms with van der Waals surface area (Å²) in [6.45, 7) is 4.70. The lowest BCUT2D eigenvalue weighted by molar-refractivity contribution is -0.234. The van der Waals surface area contributed by atoms with E-state index in [0.29, 0.717) is 0 Å². The van der Waals surface area contributed by atoms with E-state index in [1.165, 1.54) is 32.1 Å². The monoisotopic (exact) mass is 283 g/mol. The number of ketones is 1. The molecule has 4 heteroatoms. The molecule has 0 aromatic carbocycles. The van der Waals surface area contributed by atoms with Crippen LogP contribution >= 0.6 is 0 Å². The molecule has 3 atom stereocenters. The van der Waals surface area contributed by atoms with Crippen LogP contribution in [0.25, 0.3) is 0 Å². The summed E-state index contributed by atoms with van der Waals surface area (Å²) in [6, 6.07) is 0.00129. The molecule has 0 bridgehead atoms. The molecule has 2 N–H and O–H groups in total. The standard InChI is InChI=1S/C16H30N2O2/c1-3-4-5-6-7-8-11-20-14-9-10-16(18-17)15(12-14)13(2)19/h14-17H,3-12H2,1-2H3/p+1. The van der Waals surface area contributed by atoms with Crippen LogP contribution in [0.5, 0.6) is 0 Å². The lowest BCUT2D eigenvalue weighted by Gasteiger charge is -2.30. The SMILES string of the molecule is CCCCCCCCOC1CCC(N=[NH2+])C(C(C)=O)C1. The number of carbonyl (C=O) groups is 1. The van der Waals surface area contributed by atoms with Gasteiger partial charge in [0.2, 0.25) is 0 Å². The van der Waals surface area contributed by atoms with Gasteiger partial charge in [-0.3, -0.25) is 4.79 Å². The van der Waals surface area contributed by atoms with E-state index < -0.39 is 0 Å². The maximum Gasteiger partial charge on any atom is 0.135 e. The van der Waals surface area contributed by atoms with Crippen molar-refractivity contribution in [3.63, 3.8) is 0 Å². The zero-order valence-electron chi connectivity index (χ0n) is 13.1. The molecule has 0 saturated heterocycles. The zero-order chi connectivity index (χ0) is 14.8. The Kier molecular flexibility index (Phi) is 8.67. The molecule has 0 radical (unpaired) electrons. The molecule has 20 heavy (non-hydrogen) atoms. The molecule has 4 nitrogen and oxygen atoms in total. The van der Waals surface area contributed by atoms with E-state index >= 15 is 0 Å². The summed E-state index contributed by atoms with van der Waals surface area (Å²) in [6.07, 6.45) is 10.5. The Morgan fingerprint density at radius 1 is 1.20 bits per heavy atom. The number of unbranched alkanes of at least 4 members (excludes halogenated alkanes) is 5. The van der Waals surface area contributed by atoms with Gasteiger partial charge < -0.3 is 4.74 Å². The average Bonchev–Trinajstić information content (AvgIpc) is 2.46. The Balaban J connectivity index is 2.15. The normalized spacial score (nSPS) is 26.4. The molecule has 1 fully saturated rings. The number of hydrogen-bond acceptors (Lipinski definition) is 3. The van der Waals surface area contributed by atoms with Crippen molar-refractivity contribution in [3.05, 3.63) is 0 Å². The van der Waals surface area contributed by atoms with Gasteiger partial charge in [0.15, 0.2) is 0 Å². The molecular formula is C16H31N2O2+. The van der Waals surface area contributed by atoms with Gasteiger partial charge in [0, 0.05) is 12.5 Å². The Morgan fingerprint density at radius 2 is 1.90 bits per heavy atom. The van der Waals surface area contributed by atoms with E-state index in [1.807, 2.05) is 0 Å². The van der Waals surface area contributed by atoms with Gasteiger partial charge in [0.25, 0.3) is 0 Å². The second-order valence-corrected chi connectivity index (χ2v) is 6.01. The van der Waals surface area contributed by atoms with Gasteiger partial charge in [0.05, 0.1) is 6.10 Å². The van der Waals surface area contributed by atoms with Gasteiger partial charge in [-0.2, -0.15) is 5.53 Å². The second-order valence-electron chi connectivity index (χ2n) is 6.01. The third kappa shape index (κ3) is 6.12. The number of nitrogens with two attached hydrogens (primary N) is 1. The van der Waals surface area contributed by atoms with Gasteiger partial charge in [-0.1, -0.05) is 39.0 Å². The van der Waals surface area contributed by atoms with Gasteiger partial charge in [-0.25, -0.2) is 0 Å². The molecule has 3 unspecified atom stereocenters. The van der Waals surface area contributed by atoms with Crippen molar-refractivity contribution in [1.29, 1.82) is 0 Å². The van der Waals surface area contributed by atoms with Crippen molar-refractivity contribution >= 4 is 5.78 Å². The minimum absolute atomic E-state index is 0.00129. The first-order valence-electron chi connectivity index (χ1n) is 8.21. The maximum absolute atomic E-state index is 11.6. The molecule has 0 aromatic heterocycles. The summed E-state index contributed by atoms with van der Waals surface area (Å²) in [5, 5.41) is 3.85. The maximum atomic E-state index is 11.6. The minimum atomic E-state index is -0.0386. The van der Waals surface area contributed by atoms with Crippen molar-refractivity contribution in [2.45, 2.75) is 83.8 Å². The number of nitrogens with zero attached hydrogens (tertiary/aromatic N) is 1. The molecule has 0 aliphatic heterocycles. The fourth-order valence-corrected chi connectivity index (χ4v) is 3.02. The lowest BCUT2D eigenvalue weighted by atomic mass is 9.81. The van der Waals surface area contributed by atoms with E-state index in [9.17, 15) is 4.79 Å². The Bertz CT molecular complexity index is 294. The Labute approximate surface area is 123 Å². The van der Waals surface area contributed by atoms with Crippen LogP contribution in [0.1, 0.15) is 71.6 Å². The fraction of sp³-hybridized carbons (Fsp3) is 0.938. The summed E-state index contributed by atoms with van der Waals surface area (Å²) < 4.78 is 5.93. The summed E-state index contributed by atoms with van der Waals surface area (Å²) in [4.78, 5) is 11.6. The molecule has 0 spiro atoms. The summed E-state index contributed by atoms with van der Waals surface area (Å²) in [7, 11) is 0. The van der Waals surface area contributed by atoms with Crippen molar-refractivity contribution in [1.82, 2.24) is 0 Å². The highest BCUT2D eigenvalue weighted by Crippen LogP contribution is 2.29. The minimum Gasteiger partial charge on any atom is -0.378 e. The van der Waals surface area contributed by atoms with Crippen LogP contribution in [0, 0.1) is 5.92 Å². The number of carbonyl (C=O) groups excluding carboxylic acids is 1. The van der Waals surface area contributed by atoms with Crippen LogP contribution in [0.15, 0.2) is 5.11 Å². The third-order valence-electron chi connectivity index (χ3n) is 4.33. The molecule has 116 valence electrons. The summed E-state index contributed by atoms with van der Waals surface area (Å²) >= 11 is 0. The Morgan fingerprint density at radius 3 is 2.55 bits per heavy atom. The van der Waals surface area contributed by atoms with Crippen molar-refractivity contribution in [2.75, 3.05) is 6.61 Å². The first-order valence-corrected chi connectivity index (χ1v) is 8.21. The molecule has 0 aromatic rings. The predicted molar refractivity (Wildman–Crippen MR) is 79.3 cm³/mol. The van der Waals surface area contributed by atoms with Crippen LogP contribution in [0.2, 0.25) is 0 Å². The predicted octanol–water partition coefficient (Wildman–Crippen LogP) is 2.70. The van der Waals surface area contributed by atoms with E-state index in [0.717, 1.165) is 32.3 Å². The van der Waals surface area contributed by atoms with Gasteiger partial charge in [-0.15, -0.1) is 0 Å². The van der Waals surface area contributed by atoms with E-state index in [-0.39, 0.29) is 23.8 Å². The first kappa shape index (κ1) is 17.3. The topological polar surface area (TPSA) is 64.2 Å². The van der Waals surface area contributed by atoms with Gasteiger partial charge in [0.1, 0.15) is 11.8 Å². The second kappa shape index (κ2) is 10.0. The molecule has 0 heterocycles. The molecule has 0 amide bonds. The van der Waals surface area contributed by atoms with Gasteiger partial charge >= 0.3 is 0 Å². The molecule has 1 rings (SSSR count). The smallest absolute Gasteiger partial charge is 0.135 e. The van der Waals surface area contributed by atoms with Gasteiger partial charge in [-0.05, 0) is 37.7 Å².